The predicted octanol–water partition coefficient (Wildman–Crippen LogP) is 1.51. The molecule has 1 fully saturated rings. The van der Waals surface area contributed by atoms with E-state index in [1.165, 1.54) is 11.3 Å². The molecule has 1 aliphatic heterocycles. The van der Waals surface area contributed by atoms with E-state index in [1.807, 2.05) is 0 Å². The molecule has 1 atom stereocenters. The summed E-state index contributed by atoms with van der Waals surface area (Å²) in [5.41, 5.74) is 5.77. The average molecular weight is 254 g/mol. The van der Waals surface area contributed by atoms with Crippen LogP contribution in [0.25, 0.3) is 0 Å². The molecule has 2 heterocycles. The summed E-state index contributed by atoms with van der Waals surface area (Å²) in [7, 11) is 0. The number of nitrogens with zero attached hydrogens (tertiary/aromatic N) is 3. The van der Waals surface area contributed by atoms with E-state index in [-0.39, 0.29) is 11.9 Å². The van der Waals surface area contributed by atoms with Gasteiger partial charge >= 0.3 is 0 Å². The number of hydrogen-bond acceptors (Lipinski definition) is 5. The summed E-state index contributed by atoms with van der Waals surface area (Å²) >= 11 is 1.52. The lowest BCUT2D eigenvalue weighted by atomic mass is 10.1. The van der Waals surface area contributed by atoms with Gasteiger partial charge in [0, 0.05) is 24.9 Å². The molecule has 0 aromatic carbocycles. The van der Waals surface area contributed by atoms with Crippen LogP contribution in [0.3, 0.4) is 0 Å². The van der Waals surface area contributed by atoms with Gasteiger partial charge in [0.2, 0.25) is 11.0 Å². The Balaban J connectivity index is 2.15. The van der Waals surface area contributed by atoms with Gasteiger partial charge in [0.05, 0.1) is 0 Å². The first-order valence-corrected chi connectivity index (χ1v) is 6.86. The highest BCUT2D eigenvalue weighted by Crippen LogP contribution is 2.31. The van der Waals surface area contributed by atoms with E-state index in [9.17, 15) is 4.79 Å². The molecule has 1 saturated heterocycles. The third-order valence-corrected chi connectivity index (χ3v) is 4.26. The summed E-state index contributed by atoms with van der Waals surface area (Å²) in [6.45, 7) is 4.86. The Morgan fingerprint density at radius 3 is 2.71 bits per heavy atom. The summed E-state index contributed by atoms with van der Waals surface area (Å²) < 4.78 is 0. The summed E-state index contributed by atoms with van der Waals surface area (Å²) in [5.74, 6) is 0.511. The third kappa shape index (κ3) is 2.47. The van der Waals surface area contributed by atoms with E-state index >= 15 is 0 Å². The second-order valence-corrected chi connectivity index (χ2v) is 5.39. The molecular formula is C11H18N4OS. The van der Waals surface area contributed by atoms with Gasteiger partial charge in [0.1, 0.15) is 5.01 Å². The molecule has 5 nitrogen and oxygen atoms in total. The van der Waals surface area contributed by atoms with Crippen molar-refractivity contribution in [1.82, 2.24) is 10.2 Å². The summed E-state index contributed by atoms with van der Waals surface area (Å²) in [6.07, 6.45) is 2.52. The molecule has 17 heavy (non-hydrogen) atoms. The maximum atomic E-state index is 11.7. The molecule has 94 valence electrons. The number of carbonyl (C=O) groups excluding carboxylic acids is 1. The fraction of sp³-hybridized carbons (Fsp3) is 0.727. The number of hydrogen-bond donors (Lipinski definition) is 1. The molecule has 1 aromatic heterocycles. The second-order valence-electron chi connectivity index (χ2n) is 4.40. The highest BCUT2D eigenvalue weighted by molar-refractivity contribution is 7.15. The molecule has 1 unspecified atom stereocenters. The number of amides is 1. The van der Waals surface area contributed by atoms with Crippen molar-refractivity contribution in [2.75, 3.05) is 11.4 Å². The van der Waals surface area contributed by atoms with Crippen molar-refractivity contribution in [1.29, 1.82) is 0 Å². The first-order chi connectivity index (χ1) is 8.15. The van der Waals surface area contributed by atoms with Crippen LogP contribution in [0, 0.1) is 0 Å². The van der Waals surface area contributed by atoms with Crippen molar-refractivity contribution >= 4 is 22.4 Å². The van der Waals surface area contributed by atoms with E-state index in [1.54, 1.807) is 4.90 Å². The Bertz CT molecular complexity index is 402. The number of carbonyl (C=O) groups is 1. The average Bonchev–Trinajstić information content (AvgIpc) is 2.87. The monoisotopic (exact) mass is 254 g/mol. The molecule has 0 saturated carbocycles. The van der Waals surface area contributed by atoms with Crippen LogP contribution >= 0.6 is 11.3 Å². The Morgan fingerprint density at radius 1 is 1.47 bits per heavy atom. The summed E-state index contributed by atoms with van der Waals surface area (Å²) in [4.78, 5) is 13.3. The molecule has 2 rings (SSSR count). The predicted molar refractivity (Wildman–Crippen MR) is 68.2 cm³/mol. The summed E-state index contributed by atoms with van der Waals surface area (Å²) in [6, 6.07) is -0.0667. The van der Waals surface area contributed by atoms with Crippen LogP contribution in [-0.2, 0) is 4.79 Å². The fourth-order valence-corrected chi connectivity index (χ4v) is 3.20. The quantitative estimate of drug-likeness (QED) is 0.884. The van der Waals surface area contributed by atoms with Gasteiger partial charge in [-0.1, -0.05) is 25.2 Å². The number of rotatable bonds is 4. The molecule has 1 aromatic rings. The zero-order chi connectivity index (χ0) is 12.4. The fourth-order valence-electron chi connectivity index (χ4n) is 2.06. The molecule has 0 bridgehead atoms. The lowest BCUT2D eigenvalue weighted by molar-refractivity contribution is -0.117. The normalized spacial score (nSPS) is 20.6. The van der Waals surface area contributed by atoms with Crippen LogP contribution in [0.2, 0.25) is 0 Å². The molecule has 1 amide bonds. The van der Waals surface area contributed by atoms with Gasteiger partial charge in [-0.2, -0.15) is 0 Å². The zero-order valence-electron chi connectivity index (χ0n) is 10.2. The van der Waals surface area contributed by atoms with Gasteiger partial charge in [-0.15, -0.1) is 10.2 Å². The van der Waals surface area contributed by atoms with E-state index in [2.05, 4.69) is 24.0 Å². The lowest BCUT2D eigenvalue weighted by Gasteiger charge is -2.10. The van der Waals surface area contributed by atoms with Gasteiger partial charge < -0.3 is 5.73 Å². The van der Waals surface area contributed by atoms with Crippen molar-refractivity contribution in [2.45, 2.75) is 45.1 Å². The van der Waals surface area contributed by atoms with Crippen LogP contribution in [-0.4, -0.2) is 28.7 Å². The van der Waals surface area contributed by atoms with Crippen molar-refractivity contribution in [3.05, 3.63) is 5.01 Å². The molecular weight excluding hydrogens is 236 g/mol. The van der Waals surface area contributed by atoms with Gasteiger partial charge in [0.15, 0.2) is 0 Å². The highest BCUT2D eigenvalue weighted by atomic mass is 32.1. The molecule has 2 N–H and O–H groups in total. The Hall–Kier alpha value is -1.01. The van der Waals surface area contributed by atoms with Gasteiger partial charge in [-0.3, -0.25) is 9.69 Å². The second kappa shape index (κ2) is 5.10. The number of nitrogens with two attached hydrogens (primary N) is 1. The Labute approximate surface area is 105 Å². The molecule has 0 radical (unpaired) electrons. The van der Waals surface area contributed by atoms with E-state index in [4.69, 9.17) is 5.73 Å². The SMILES string of the molecule is CCC(CC)c1nnc(N2CC(N)CC2=O)s1. The van der Waals surface area contributed by atoms with Gasteiger partial charge in [-0.25, -0.2) is 0 Å². The van der Waals surface area contributed by atoms with E-state index < -0.39 is 0 Å². The molecule has 0 spiro atoms. The standard InChI is InChI=1S/C11H18N4OS/c1-3-7(4-2)10-13-14-11(17-10)15-6-8(12)5-9(15)16/h7-8H,3-6,12H2,1-2H3. The van der Waals surface area contributed by atoms with Gasteiger partial charge in [0.25, 0.3) is 0 Å². The molecule has 1 aliphatic rings. The summed E-state index contributed by atoms with van der Waals surface area (Å²) in [5, 5.41) is 10.0. The highest BCUT2D eigenvalue weighted by Gasteiger charge is 2.30. The minimum atomic E-state index is -0.0667. The molecule has 0 aliphatic carbocycles. The van der Waals surface area contributed by atoms with Crippen LogP contribution in [0.15, 0.2) is 0 Å². The van der Waals surface area contributed by atoms with E-state index in [0.717, 1.165) is 17.8 Å². The number of anilines is 1. The topological polar surface area (TPSA) is 72.1 Å². The minimum Gasteiger partial charge on any atom is -0.326 e. The Morgan fingerprint density at radius 2 is 2.18 bits per heavy atom. The zero-order valence-corrected chi connectivity index (χ0v) is 11.0. The van der Waals surface area contributed by atoms with Crippen molar-refractivity contribution in [3.8, 4) is 0 Å². The molecule has 6 heteroatoms. The lowest BCUT2D eigenvalue weighted by Crippen LogP contribution is -2.27. The first-order valence-electron chi connectivity index (χ1n) is 6.05. The van der Waals surface area contributed by atoms with Crippen LogP contribution in [0.4, 0.5) is 5.13 Å². The van der Waals surface area contributed by atoms with Gasteiger partial charge in [-0.05, 0) is 12.8 Å². The maximum Gasteiger partial charge on any atom is 0.230 e. The minimum absolute atomic E-state index is 0.0600. The third-order valence-electron chi connectivity index (χ3n) is 3.15. The van der Waals surface area contributed by atoms with Crippen molar-refractivity contribution in [2.24, 2.45) is 5.73 Å². The largest absolute Gasteiger partial charge is 0.326 e. The maximum absolute atomic E-state index is 11.7. The Kier molecular flexibility index (Phi) is 3.73. The van der Waals surface area contributed by atoms with E-state index in [0.29, 0.717) is 24.0 Å². The smallest absolute Gasteiger partial charge is 0.230 e. The van der Waals surface area contributed by atoms with Crippen LogP contribution in [0.1, 0.15) is 44.0 Å². The van der Waals surface area contributed by atoms with Crippen LogP contribution < -0.4 is 10.6 Å². The van der Waals surface area contributed by atoms with Crippen LogP contribution in [0.5, 0.6) is 0 Å². The van der Waals surface area contributed by atoms with Crippen molar-refractivity contribution < 1.29 is 4.79 Å². The number of aromatic nitrogens is 2. The first kappa shape index (κ1) is 12.4. The van der Waals surface area contributed by atoms with Crippen molar-refractivity contribution in [3.63, 3.8) is 0 Å².